The molecule has 2 aliphatic heterocycles. The van der Waals surface area contributed by atoms with Gasteiger partial charge in [-0.2, -0.15) is 5.26 Å². The zero-order valence-electron chi connectivity index (χ0n) is 15.7. The van der Waals surface area contributed by atoms with E-state index in [0.717, 1.165) is 12.8 Å². The van der Waals surface area contributed by atoms with Crippen molar-refractivity contribution in [3.05, 3.63) is 35.9 Å². The first kappa shape index (κ1) is 17.7. The molecule has 2 saturated heterocycles. The van der Waals surface area contributed by atoms with Gasteiger partial charge in [-0.3, -0.25) is 0 Å². The van der Waals surface area contributed by atoms with Gasteiger partial charge in [0.25, 0.3) is 0 Å². The summed E-state index contributed by atoms with van der Waals surface area (Å²) in [6, 6.07) is 10.3. The maximum absolute atomic E-state index is 10.1. The number of aromatic hydroxyl groups is 1. The van der Waals surface area contributed by atoms with Crippen molar-refractivity contribution in [2.45, 2.75) is 63.1 Å². The average molecular weight is 364 g/mol. The minimum absolute atomic E-state index is 0.0176. The predicted octanol–water partition coefficient (Wildman–Crippen LogP) is 3.55. The number of nitrogens with zero attached hydrogens (tertiary/aromatic N) is 3. The second kappa shape index (κ2) is 6.50. The fourth-order valence-electron chi connectivity index (χ4n) is 4.70. The molecule has 2 fully saturated rings. The summed E-state index contributed by atoms with van der Waals surface area (Å²) in [6.07, 6.45) is 5.64. The summed E-state index contributed by atoms with van der Waals surface area (Å²) in [4.78, 5) is 0. The Morgan fingerprint density at radius 3 is 2.48 bits per heavy atom. The van der Waals surface area contributed by atoms with Gasteiger partial charge in [0.15, 0.2) is 0 Å². The fraction of sp³-hybridized carbons (Fsp3) is 0.476. The number of fused-ring (bicyclic) bond motifs is 2. The van der Waals surface area contributed by atoms with Crippen LogP contribution in [0.4, 0.5) is 0 Å². The number of rotatable bonds is 3. The third-order valence-corrected chi connectivity index (χ3v) is 5.75. The van der Waals surface area contributed by atoms with E-state index in [-0.39, 0.29) is 22.9 Å². The number of phenolic OH excluding ortho intramolecular Hbond substituents is 1. The highest BCUT2D eigenvalue weighted by Crippen LogP contribution is 2.41. The van der Waals surface area contributed by atoms with Crippen LogP contribution in [0.3, 0.4) is 0 Å². The van der Waals surface area contributed by atoms with E-state index >= 15 is 0 Å². The number of aromatic nitrogens is 2. The Balaban J connectivity index is 1.49. The highest BCUT2D eigenvalue weighted by Gasteiger charge is 2.46. The third kappa shape index (κ3) is 3.60. The molecule has 2 aliphatic rings. The van der Waals surface area contributed by atoms with Gasteiger partial charge in [-0.05, 0) is 57.4 Å². The Hall–Kier alpha value is -2.65. The zero-order valence-corrected chi connectivity index (χ0v) is 15.7. The minimum Gasteiger partial charge on any atom is -0.507 e. The number of benzene rings is 1. The van der Waals surface area contributed by atoms with E-state index in [1.54, 1.807) is 24.3 Å². The van der Waals surface area contributed by atoms with Crippen molar-refractivity contribution < 1.29 is 9.84 Å². The maximum Gasteiger partial charge on any atom is 0.233 e. The Morgan fingerprint density at radius 2 is 1.89 bits per heavy atom. The summed E-state index contributed by atoms with van der Waals surface area (Å²) in [6.45, 7) is 4.56. The minimum atomic E-state index is 0.0176. The highest BCUT2D eigenvalue weighted by molar-refractivity contribution is 5.67. The lowest BCUT2D eigenvalue weighted by atomic mass is 9.70. The van der Waals surface area contributed by atoms with Gasteiger partial charge in [0.2, 0.25) is 5.88 Å². The Bertz CT molecular complexity index is 874. The van der Waals surface area contributed by atoms with Crippen LogP contribution in [0.1, 0.15) is 51.5 Å². The van der Waals surface area contributed by atoms with Crippen molar-refractivity contribution in [3.63, 3.8) is 0 Å². The van der Waals surface area contributed by atoms with E-state index in [9.17, 15) is 5.11 Å². The Labute approximate surface area is 159 Å². The molecule has 27 heavy (non-hydrogen) atoms. The lowest BCUT2D eigenvalue weighted by Crippen LogP contribution is -2.65. The molecule has 3 atom stereocenters. The lowest BCUT2D eigenvalue weighted by Gasteiger charge is -2.53. The summed E-state index contributed by atoms with van der Waals surface area (Å²) < 4.78 is 6.16. The van der Waals surface area contributed by atoms with Crippen LogP contribution in [0.15, 0.2) is 30.3 Å². The molecule has 140 valence electrons. The molecule has 2 N–H and O–H groups in total. The highest BCUT2D eigenvalue weighted by atomic mass is 16.5. The first-order valence-corrected chi connectivity index (χ1v) is 9.41. The van der Waals surface area contributed by atoms with Crippen molar-refractivity contribution in [1.29, 1.82) is 5.26 Å². The van der Waals surface area contributed by atoms with Crippen LogP contribution in [0.5, 0.6) is 11.6 Å². The number of phenols is 1. The molecule has 3 heterocycles. The van der Waals surface area contributed by atoms with Gasteiger partial charge in [0.1, 0.15) is 11.9 Å². The monoisotopic (exact) mass is 364 g/mol. The zero-order chi connectivity index (χ0) is 19.1. The molecule has 4 rings (SSSR count). The van der Waals surface area contributed by atoms with E-state index in [2.05, 4.69) is 29.4 Å². The van der Waals surface area contributed by atoms with Crippen LogP contribution in [0.2, 0.25) is 0 Å². The van der Waals surface area contributed by atoms with Crippen molar-refractivity contribution >= 4 is 0 Å². The first-order chi connectivity index (χ1) is 12.9. The lowest BCUT2D eigenvalue weighted by molar-refractivity contribution is 0.00727. The fourth-order valence-corrected chi connectivity index (χ4v) is 4.70. The number of hydrogen-bond donors (Lipinski definition) is 2. The molecule has 0 aliphatic carbocycles. The van der Waals surface area contributed by atoms with Crippen LogP contribution in [0, 0.1) is 11.3 Å². The molecular weight excluding hydrogens is 340 g/mol. The van der Waals surface area contributed by atoms with Gasteiger partial charge in [0, 0.05) is 35.5 Å². The predicted molar refractivity (Wildman–Crippen MR) is 101 cm³/mol. The molecule has 6 nitrogen and oxygen atoms in total. The molecule has 6 heteroatoms. The van der Waals surface area contributed by atoms with E-state index in [1.165, 1.54) is 25.3 Å². The summed E-state index contributed by atoms with van der Waals surface area (Å²) in [5, 5.41) is 31.2. The number of nitriles is 1. The van der Waals surface area contributed by atoms with E-state index in [1.807, 2.05) is 6.07 Å². The van der Waals surface area contributed by atoms with E-state index < -0.39 is 0 Å². The van der Waals surface area contributed by atoms with Gasteiger partial charge in [-0.15, -0.1) is 10.2 Å². The van der Waals surface area contributed by atoms with Gasteiger partial charge < -0.3 is 15.2 Å². The summed E-state index contributed by atoms with van der Waals surface area (Å²) in [7, 11) is 0. The number of hydrogen-bond acceptors (Lipinski definition) is 6. The molecule has 0 saturated carbocycles. The van der Waals surface area contributed by atoms with E-state index in [4.69, 9.17) is 10.00 Å². The van der Waals surface area contributed by atoms with Gasteiger partial charge in [0.05, 0.1) is 17.3 Å². The third-order valence-electron chi connectivity index (χ3n) is 5.75. The number of piperidine rings is 2. The van der Waals surface area contributed by atoms with Crippen molar-refractivity contribution in [3.8, 4) is 29.0 Å². The summed E-state index contributed by atoms with van der Waals surface area (Å²) >= 11 is 0. The molecule has 2 bridgehead atoms. The smallest absolute Gasteiger partial charge is 0.233 e. The van der Waals surface area contributed by atoms with Crippen LogP contribution in [-0.4, -0.2) is 32.5 Å². The van der Waals surface area contributed by atoms with E-state index in [0.29, 0.717) is 22.7 Å². The second-order valence-corrected chi connectivity index (χ2v) is 8.35. The average Bonchev–Trinajstić information content (AvgIpc) is 2.60. The largest absolute Gasteiger partial charge is 0.507 e. The first-order valence-electron chi connectivity index (χ1n) is 9.41. The van der Waals surface area contributed by atoms with Crippen LogP contribution >= 0.6 is 0 Å². The standard InChI is InChI=1S/C21H24N4O2/c1-20-8-3-9-21(2,25-20)12-15(11-20)27-19-7-6-17(23-24-19)16-5-4-14(13-22)10-18(16)26/h4-7,10,15,25-26H,3,8-9,11-12H2,1-2H3/t15-,20-,21+. The van der Waals surface area contributed by atoms with Crippen molar-refractivity contribution in [1.82, 2.24) is 15.5 Å². The molecule has 0 radical (unpaired) electrons. The molecule has 2 aromatic rings. The van der Waals surface area contributed by atoms with Crippen molar-refractivity contribution in [2.75, 3.05) is 0 Å². The Kier molecular flexibility index (Phi) is 4.27. The molecule has 0 spiro atoms. The van der Waals surface area contributed by atoms with Gasteiger partial charge >= 0.3 is 0 Å². The normalized spacial score (nSPS) is 29.7. The van der Waals surface area contributed by atoms with Crippen LogP contribution in [-0.2, 0) is 0 Å². The SMILES string of the molecule is C[C@]12CCC[C@](C)(C[C@@H](Oc3ccc(-c4ccc(C#N)cc4O)nn3)C1)N2. The molecule has 1 aromatic carbocycles. The molecule has 0 unspecified atom stereocenters. The molecular formula is C21H24N4O2. The van der Waals surface area contributed by atoms with Crippen LogP contribution in [0.25, 0.3) is 11.3 Å². The molecule has 1 aromatic heterocycles. The van der Waals surface area contributed by atoms with Gasteiger partial charge in [-0.1, -0.05) is 0 Å². The summed E-state index contributed by atoms with van der Waals surface area (Å²) in [5.74, 6) is 0.521. The maximum atomic E-state index is 10.1. The number of nitrogens with one attached hydrogen (secondary N) is 1. The topological polar surface area (TPSA) is 91.1 Å². The Morgan fingerprint density at radius 1 is 1.15 bits per heavy atom. The van der Waals surface area contributed by atoms with Gasteiger partial charge in [-0.25, -0.2) is 0 Å². The number of ether oxygens (including phenoxy) is 1. The van der Waals surface area contributed by atoms with Crippen LogP contribution < -0.4 is 10.1 Å². The van der Waals surface area contributed by atoms with Crippen molar-refractivity contribution in [2.24, 2.45) is 0 Å². The quantitative estimate of drug-likeness (QED) is 0.865. The summed E-state index contributed by atoms with van der Waals surface area (Å²) in [5.41, 5.74) is 1.74. The second-order valence-electron chi connectivity index (χ2n) is 8.35. The molecule has 0 amide bonds.